The van der Waals surface area contributed by atoms with Crippen molar-refractivity contribution in [3.63, 3.8) is 0 Å². The molecule has 3 rings (SSSR count). The number of benzene rings is 2. The van der Waals surface area contributed by atoms with Crippen LogP contribution in [0.4, 0.5) is 0 Å². The average Bonchev–Trinajstić information content (AvgIpc) is 2.62. The third-order valence-electron chi connectivity index (χ3n) is 3.89. The van der Waals surface area contributed by atoms with Gasteiger partial charge in [-0.1, -0.05) is 18.2 Å². The van der Waals surface area contributed by atoms with E-state index >= 15 is 0 Å². The molecular weight excluding hydrogens is 318 g/mol. The van der Waals surface area contributed by atoms with Gasteiger partial charge in [-0.2, -0.15) is 0 Å². The smallest absolute Gasteiger partial charge is 0.166 e. The number of para-hydroxylation sites is 1. The van der Waals surface area contributed by atoms with E-state index in [1.54, 1.807) is 7.11 Å². The molecule has 1 aliphatic heterocycles. The van der Waals surface area contributed by atoms with Crippen LogP contribution in [0.5, 0.6) is 23.0 Å². The van der Waals surface area contributed by atoms with Crippen LogP contribution in [-0.4, -0.2) is 26.4 Å². The number of nitrogens with one attached hydrogen (secondary N) is 1. The standard InChI is InChI=1S/C20H25NO4/c1-14(2)25-20-16(5-4-6-18(20)22-3)13-21-12-15-7-8-17-19(11-15)24-10-9-23-17/h4-8,11,14,21H,9-10,12-13H2,1-3H3. The summed E-state index contributed by atoms with van der Waals surface area (Å²) in [6, 6.07) is 12.0. The topological polar surface area (TPSA) is 49.0 Å². The molecule has 1 N–H and O–H groups in total. The second-order valence-electron chi connectivity index (χ2n) is 6.20. The molecule has 0 unspecified atom stereocenters. The summed E-state index contributed by atoms with van der Waals surface area (Å²) in [5.74, 6) is 3.19. The van der Waals surface area contributed by atoms with Gasteiger partial charge in [-0.05, 0) is 37.6 Å². The monoisotopic (exact) mass is 343 g/mol. The van der Waals surface area contributed by atoms with E-state index in [0.29, 0.717) is 19.8 Å². The zero-order chi connectivity index (χ0) is 17.6. The van der Waals surface area contributed by atoms with Crippen LogP contribution in [0.3, 0.4) is 0 Å². The maximum Gasteiger partial charge on any atom is 0.166 e. The summed E-state index contributed by atoms with van der Waals surface area (Å²) in [5, 5.41) is 3.46. The molecule has 2 aromatic carbocycles. The summed E-state index contributed by atoms with van der Waals surface area (Å²) in [6.07, 6.45) is 0.0906. The van der Waals surface area contributed by atoms with Crippen molar-refractivity contribution in [2.75, 3.05) is 20.3 Å². The first-order valence-corrected chi connectivity index (χ1v) is 8.59. The van der Waals surface area contributed by atoms with Crippen molar-refractivity contribution in [2.45, 2.75) is 33.0 Å². The summed E-state index contributed by atoms with van der Waals surface area (Å²) in [6.45, 7) is 6.66. The molecule has 134 valence electrons. The molecular formula is C20H25NO4. The number of hydrogen-bond acceptors (Lipinski definition) is 5. The Bertz CT molecular complexity index is 715. The van der Waals surface area contributed by atoms with Crippen molar-refractivity contribution in [1.82, 2.24) is 5.32 Å². The number of ether oxygens (including phenoxy) is 4. The molecule has 0 aromatic heterocycles. The van der Waals surface area contributed by atoms with Crippen molar-refractivity contribution in [3.8, 4) is 23.0 Å². The maximum atomic E-state index is 5.94. The normalized spacial score (nSPS) is 13.0. The van der Waals surface area contributed by atoms with Crippen molar-refractivity contribution in [3.05, 3.63) is 47.5 Å². The van der Waals surface area contributed by atoms with Crippen LogP contribution in [0.15, 0.2) is 36.4 Å². The fourth-order valence-corrected chi connectivity index (χ4v) is 2.77. The lowest BCUT2D eigenvalue weighted by molar-refractivity contribution is 0.171. The van der Waals surface area contributed by atoms with Gasteiger partial charge in [0.05, 0.1) is 13.2 Å². The first-order valence-electron chi connectivity index (χ1n) is 8.59. The van der Waals surface area contributed by atoms with Gasteiger partial charge in [0.2, 0.25) is 0 Å². The second-order valence-corrected chi connectivity index (χ2v) is 6.20. The molecule has 0 aliphatic carbocycles. The van der Waals surface area contributed by atoms with E-state index in [-0.39, 0.29) is 6.10 Å². The number of methoxy groups -OCH3 is 1. The zero-order valence-electron chi connectivity index (χ0n) is 15.0. The molecule has 1 aliphatic rings. The summed E-state index contributed by atoms with van der Waals surface area (Å²) in [5.41, 5.74) is 2.23. The zero-order valence-corrected chi connectivity index (χ0v) is 15.0. The predicted octanol–water partition coefficient (Wildman–Crippen LogP) is 3.54. The SMILES string of the molecule is COc1cccc(CNCc2ccc3c(c2)OCCO3)c1OC(C)C. The Kier molecular flexibility index (Phi) is 5.66. The lowest BCUT2D eigenvalue weighted by atomic mass is 10.1. The molecule has 0 saturated carbocycles. The molecule has 5 heteroatoms. The molecule has 0 atom stereocenters. The van der Waals surface area contributed by atoms with Gasteiger partial charge in [0.15, 0.2) is 23.0 Å². The summed E-state index contributed by atoms with van der Waals surface area (Å²) in [7, 11) is 1.66. The Balaban J connectivity index is 1.65. The molecule has 2 aromatic rings. The van der Waals surface area contributed by atoms with Crippen LogP contribution in [0.1, 0.15) is 25.0 Å². The van der Waals surface area contributed by atoms with E-state index in [0.717, 1.165) is 40.7 Å². The number of hydrogen-bond donors (Lipinski definition) is 1. The molecule has 1 heterocycles. The predicted molar refractivity (Wildman–Crippen MR) is 96.7 cm³/mol. The molecule has 0 saturated heterocycles. The molecule has 0 bridgehead atoms. The van der Waals surface area contributed by atoms with Crippen molar-refractivity contribution in [2.24, 2.45) is 0 Å². The Morgan fingerprint density at radius 1 is 1.04 bits per heavy atom. The summed E-state index contributed by atoms with van der Waals surface area (Å²) in [4.78, 5) is 0. The van der Waals surface area contributed by atoms with Crippen LogP contribution in [0.25, 0.3) is 0 Å². The highest BCUT2D eigenvalue weighted by atomic mass is 16.6. The minimum Gasteiger partial charge on any atom is -0.493 e. The maximum absolute atomic E-state index is 5.94. The second kappa shape index (κ2) is 8.12. The molecule has 25 heavy (non-hydrogen) atoms. The lowest BCUT2D eigenvalue weighted by Crippen LogP contribution is -2.17. The van der Waals surface area contributed by atoms with Crippen molar-refractivity contribution < 1.29 is 18.9 Å². The molecule has 0 spiro atoms. The Morgan fingerprint density at radius 2 is 1.84 bits per heavy atom. The van der Waals surface area contributed by atoms with E-state index in [4.69, 9.17) is 18.9 Å². The average molecular weight is 343 g/mol. The highest BCUT2D eigenvalue weighted by molar-refractivity contribution is 5.47. The van der Waals surface area contributed by atoms with E-state index in [1.807, 2.05) is 38.1 Å². The van der Waals surface area contributed by atoms with Gasteiger partial charge in [-0.25, -0.2) is 0 Å². The van der Waals surface area contributed by atoms with Crippen LogP contribution < -0.4 is 24.3 Å². The minimum atomic E-state index is 0.0906. The molecule has 0 radical (unpaired) electrons. The van der Waals surface area contributed by atoms with Crippen LogP contribution >= 0.6 is 0 Å². The van der Waals surface area contributed by atoms with E-state index < -0.39 is 0 Å². The van der Waals surface area contributed by atoms with E-state index in [2.05, 4.69) is 17.4 Å². The molecule has 5 nitrogen and oxygen atoms in total. The lowest BCUT2D eigenvalue weighted by Gasteiger charge is -2.19. The van der Waals surface area contributed by atoms with Gasteiger partial charge < -0.3 is 24.3 Å². The van der Waals surface area contributed by atoms with Gasteiger partial charge in [-0.3, -0.25) is 0 Å². The molecule has 0 amide bonds. The number of rotatable bonds is 7. The van der Waals surface area contributed by atoms with Gasteiger partial charge in [0.25, 0.3) is 0 Å². The Hall–Kier alpha value is -2.40. The van der Waals surface area contributed by atoms with Crippen LogP contribution in [0, 0.1) is 0 Å². The third-order valence-corrected chi connectivity index (χ3v) is 3.89. The highest BCUT2D eigenvalue weighted by Gasteiger charge is 2.13. The van der Waals surface area contributed by atoms with Crippen molar-refractivity contribution >= 4 is 0 Å². The van der Waals surface area contributed by atoms with Gasteiger partial charge in [-0.15, -0.1) is 0 Å². The fourth-order valence-electron chi connectivity index (χ4n) is 2.77. The van der Waals surface area contributed by atoms with E-state index in [1.165, 1.54) is 0 Å². The summed E-state index contributed by atoms with van der Waals surface area (Å²) >= 11 is 0. The first-order chi connectivity index (χ1) is 12.2. The first kappa shape index (κ1) is 17.4. The minimum absolute atomic E-state index is 0.0906. The van der Waals surface area contributed by atoms with E-state index in [9.17, 15) is 0 Å². The Morgan fingerprint density at radius 3 is 2.60 bits per heavy atom. The molecule has 0 fully saturated rings. The summed E-state index contributed by atoms with van der Waals surface area (Å²) < 4.78 is 22.6. The Labute approximate surface area is 148 Å². The van der Waals surface area contributed by atoms with Gasteiger partial charge in [0, 0.05) is 18.7 Å². The largest absolute Gasteiger partial charge is 0.493 e. The third kappa shape index (κ3) is 4.37. The van der Waals surface area contributed by atoms with Gasteiger partial charge in [0.1, 0.15) is 13.2 Å². The van der Waals surface area contributed by atoms with Gasteiger partial charge >= 0.3 is 0 Å². The van der Waals surface area contributed by atoms with Crippen molar-refractivity contribution in [1.29, 1.82) is 0 Å². The fraction of sp³-hybridized carbons (Fsp3) is 0.400. The highest BCUT2D eigenvalue weighted by Crippen LogP contribution is 2.33. The van der Waals surface area contributed by atoms with Crippen LogP contribution in [0.2, 0.25) is 0 Å². The van der Waals surface area contributed by atoms with Crippen LogP contribution in [-0.2, 0) is 13.1 Å². The number of fused-ring (bicyclic) bond motifs is 1. The quantitative estimate of drug-likeness (QED) is 0.833.